The lowest BCUT2D eigenvalue weighted by molar-refractivity contribution is -0.122. The molecule has 4 fully saturated rings. The molecule has 0 bridgehead atoms. The Morgan fingerprint density at radius 3 is 1.59 bits per heavy atom. The summed E-state index contributed by atoms with van der Waals surface area (Å²) < 4.78 is 36.7. The second-order valence-corrected chi connectivity index (χ2v) is 29.6. The maximum atomic E-state index is 13.0. The minimum absolute atomic E-state index is 0.00364. The molecule has 15 rings (SSSR count). The zero-order chi connectivity index (χ0) is 74.1. The first-order valence-corrected chi connectivity index (χ1v) is 38.4. The molecule has 106 heavy (non-hydrogen) atoms. The quantitative estimate of drug-likeness (QED) is 0.0803. The predicted octanol–water partition coefficient (Wildman–Crippen LogP) is 10.1. The highest BCUT2D eigenvalue weighted by atomic mass is 16.6. The van der Waals surface area contributed by atoms with Gasteiger partial charge in [0.15, 0.2) is 0 Å². The van der Waals surface area contributed by atoms with Gasteiger partial charge in [0.25, 0.3) is 11.1 Å². The van der Waals surface area contributed by atoms with Gasteiger partial charge in [-0.25, -0.2) is 29.3 Å². The number of aryl methyl sites for hydroxylation is 7. The highest BCUT2D eigenvalue weighted by Crippen LogP contribution is 2.43. The van der Waals surface area contributed by atoms with Crippen molar-refractivity contribution >= 4 is 80.1 Å². The minimum atomic E-state index is -0.399. The van der Waals surface area contributed by atoms with E-state index in [1.54, 1.807) is 55.2 Å². The number of nitrogens with zero attached hydrogens (tertiary/aromatic N) is 12. The van der Waals surface area contributed by atoms with Crippen molar-refractivity contribution in [2.45, 2.75) is 193 Å². The van der Waals surface area contributed by atoms with E-state index in [-0.39, 0.29) is 71.9 Å². The summed E-state index contributed by atoms with van der Waals surface area (Å²) in [5.41, 5.74) is 11.5. The molecule has 3 saturated heterocycles. The van der Waals surface area contributed by atoms with E-state index in [1.165, 1.54) is 27.4 Å². The van der Waals surface area contributed by atoms with E-state index < -0.39 is 6.09 Å². The number of carbonyl (C=O) groups is 5. The topological polar surface area (TPSA) is 266 Å². The Kier molecular flexibility index (Phi) is 24.1. The number of imidazole rings is 3. The number of hydrogen-bond acceptors (Lipinski definition) is 17. The first-order valence-electron chi connectivity index (χ1n) is 38.4. The number of amides is 4. The largest absolute Gasteiger partial charge is 0.452 e. The van der Waals surface area contributed by atoms with E-state index in [4.69, 9.17) is 38.6 Å². The van der Waals surface area contributed by atoms with E-state index >= 15 is 0 Å². The average Bonchev–Trinajstić information content (AvgIpc) is 1.57. The number of benzene rings is 3. The first kappa shape index (κ1) is 75.0. The van der Waals surface area contributed by atoms with Crippen LogP contribution in [-0.4, -0.2) is 177 Å². The monoisotopic (exact) mass is 1450 g/mol. The van der Waals surface area contributed by atoms with Crippen molar-refractivity contribution in [2.24, 2.45) is 11.8 Å². The van der Waals surface area contributed by atoms with Crippen molar-refractivity contribution < 1.29 is 47.7 Å². The lowest BCUT2D eigenvalue weighted by atomic mass is 9.83. The van der Waals surface area contributed by atoms with Gasteiger partial charge in [-0.2, -0.15) is 0 Å². The number of ether oxygens (including phenoxy) is 5. The van der Waals surface area contributed by atoms with Gasteiger partial charge in [0.05, 0.1) is 77.6 Å². The van der Waals surface area contributed by atoms with Gasteiger partial charge in [-0.15, -0.1) is 0 Å². The minimum Gasteiger partial charge on any atom is -0.452 e. The van der Waals surface area contributed by atoms with Gasteiger partial charge in [0, 0.05) is 169 Å². The van der Waals surface area contributed by atoms with Crippen LogP contribution in [0.15, 0.2) is 94.8 Å². The van der Waals surface area contributed by atoms with Crippen LogP contribution in [0.4, 0.5) is 31.4 Å². The van der Waals surface area contributed by atoms with Crippen LogP contribution >= 0.6 is 0 Å². The smallest absolute Gasteiger partial charge is 0.414 e. The summed E-state index contributed by atoms with van der Waals surface area (Å²) in [7, 11) is 4.25. The molecular formula is C80H104N14O12. The summed E-state index contributed by atoms with van der Waals surface area (Å²) in [5.74, 6) is 3.59. The summed E-state index contributed by atoms with van der Waals surface area (Å²) in [5, 5.41) is 6.41. The van der Waals surface area contributed by atoms with E-state index in [1.807, 2.05) is 48.0 Å². The molecule has 1 saturated carbocycles. The maximum absolute atomic E-state index is 13.0. The molecule has 4 amide bonds. The molecule has 5 aromatic heterocycles. The van der Waals surface area contributed by atoms with Crippen LogP contribution in [0.3, 0.4) is 0 Å². The fraction of sp³-hybridized carbons (Fsp3) is 0.550. The van der Waals surface area contributed by atoms with E-state index in [0.717, 1.165) is 240 Å². The number of aromatic nitrogens is 8. The summed E-state index contributed by atoms with van der Waals surface area (Å²) in [4.78, 5) is 110. The molecule has 6 aliphatic heterocycles. The summed E-state index contributed by atoms with van der Waals surface area (Å²) in [6.07, 6.45) is 17.9. The molecule has 0 spiro atoms. The molecular weight excluding hydrogens is 1350 g/mol. The lowest BCUT2D eigenvalue weighted by Gasteiger charge is -2.34. The summed E-state index contributed by atoms with van der Waals surface area (Å²) in [6.45, 7) is 17.8. The molecule has 11 heterocycles. The molecule has 0 unspecified atom stereocenters. The van der Waals surface area contributed by atoms with Gasteiger partial charge in [0.1, 0.15) is 29.8 Å². The molecule has 26 nitrogen and oxygen atoms in total. The number of fused-ring (bicyclic) bond motifs is 9. The van der Waals surface area contributed by atoms with Crippen LogP contribution in [0.25, 0.3) is 33.1 Å². The molecule has 1 aliphatic carbocycles. The van der Waals surface area contributed by atoms with Crippen LogP contribution in [0.2, 0.25) is 0 Å². The Labute approximate surface area is 618 Å². The predicted molar refractivity (Wildman–Crippen MR) is 406 cm³/mol. The van der Waals surface area contributed by atoms with Crippen molar-refractivity contribution in [3.8, 4) is 0 Å². The number of piperazine rings is 1. The Hall–Kier alpha value is -9.24. The molecule has 8 aromatic rings. The Balaban J connectivity index is 0.000000141. The second-order valence-electron chi connectivity index (χ2n) is 29.6. The molecule has 7 atom stereocenters. The van der Waals surface area contributed by atoms with Gasteiger partial charge >= 0.3 is 18.3 Å². The summed E-state index contributed by atoms with van der Waals surface area (Å²) >= 11 is 0. The Morgan fingerprint density at radius 2 is 1.08 bits per heavy atom. The van der Waals surface area contributed by atoms with Gasteiger partial charge in [-0.3, -0.25) is 38.8 Å². The molecule has 3 aromatic carbocycles. The normalized spacial score (nSPS) is 21.6. The fourth-order valence-corrected chi connectivity index (χ4v) is 17.0. The zero-order valence-corrected chi connectivity index (χ0v) is 62.6. The third kappa shape index (κ3) is 16.3. The first-order chi connectivity index (χ1) is 51.5. The molecule has 0 radical (unpaired) electrons. The number of ketones is 1. The maximum Gasteiger partial charge on any atom is 0.414 e. The molecule has 26 heteroatoms. The lowest BCUT2D eigenvalue weighted by Crippen LogP contribution is -2.44. The van der Waals surface area contributed by atoms with Crippen LogP contribution in [0.5, 0.6) is 0 Å². The van der Waals surface area contributed by atoms with Crippen LogP contribution < -0.4 is 36.5 Å². The van der Waals surface area contributed by atoms with E-state index in [9.17, 15) is 33.6 Å². The van der Waals surface area contributed by atoms with Crippen molar-refractivity contribution in [3.63, 3.8) is 0 Å². The van der Waals surface area contributed by atoms with Gasteiger partial charge in [-0.1, -0.05) is 18.6 Å². The van der Waals surface area contributed by atoms with E-state index in [2.05, 4.69) is 56.7 Å². The Bertz CT molecular complexity index is 4590. The van der Waals surface area contributed by atoms with Gasteiger partial charge in [0.2, 0.25) is 5.91 Å². The van der Waals surface area contributed by atoms with Crippen molar-refractivity contribution in [2.75, 3.05) is 95.1 Å². The van der Waals surface area contributed by atoms with Crippen LogP contribution in [0.1, 0.15) is 139 Å². The SMILES string of the molecule is COC(=O)N1c2ccc3c(nc(CCn4ccccc4=O)n3CC(=O)NC[C@H]3CCCO3)c2CC[C@@H]1C.COC(=O)N1c2ccc3c(nc(CCn4ccccc4=O)n3CCN3CCNCC3)c2CC[C@@H]1C.COC(=O)N1c2ccc3c(nc(C[C@H]4CCCOC4)n3[C@@H]3CCC[C@@H](C(C)=O)C3)c2CC[C@@H]1C. The van der Waals surface area contributed by atoms with Gasteiger partial charge in [-0.05, 0) is 166 Å². The van der Waals surface area contributed by atoms with E-state index in [0.29, 0.717) is 44.2 Å². The van der Waals surface area contributed by atoms with Crippen LogP contribution in [-0.2, 0) is 98.0 Å². The number of pyridine rings is 2. The zero-order valence-electron chi connectivity index (χ0n) is 62.6. The number of carbonyl (C=O) groups excluding carboxylic acids is 5. The average molecular weight is 1450 g/mol. The number of anilines is 3. The van der Waals surface area contributed by atoms with Gasteiger partial charge < -0.3 is 57.2 Å². The molecule has 2 N–H and O–H groups in total. The third-order valence-electron chi connectivity index (χ3n) is 22.8. The Morgan fingerprint density at radius 1 is 0.566 bits per heavy atom. The van der Waals surface area contributed by atoms with Crippen molar-refractivity contribution in [3.05, 3.63) is 140 Å². The second kappa shape index (κ2) is 34.1. The standard InChI is InChI=1S/C27H33N5O5.C27H37N3O4.C26H34N6O3/c1-18-8-9-20-21(32(18)27(35)36-2)10-11-22-26(20)29-23(12-14-30-13-4-3-7-25(30)34)31(22)17-24(33)28-16-19-6-5-15-37-19;1-17-9-10-22-23(29(17)27(32)33-3)11-12-24-26(22)28-25(14-19-6-5-13-34-16-19)30(24)21-8-4-7-20(15-21)18(2)31;1-19-6-7-20-21(32(19)26(34)35-2)8-9-22-25(20)28-23(10-14-30-13-4-3-5-24(30)33)31(22)18-17-29-15-11-27-12-16-29/h3-4,7,10-11,13,18-19H,5-6,8-9,12,14-17H2,1-2H3,(H,28,33);11-12,17,19-21H,4-10,13-16H2,1-3H3;3-5,8-9,13,19,27H,6-7,10-12,14-18H2,1-2H3/t18-,19+;17-,19+,20+,21+;19-/m000/s1. The molecule has 7 aliphatic rings. The van der Waals surface area contributed by atoms with Crippen molar-refractivity contribution in [1.29, 1.82) is 0 Å². The third-order valence-corrected chi connectivity index (χ3v) is 22.8. The highest BCUT2D eigenvalue weighted by Gasteiger charge is 2.37. The number of methoxy groups -OCH3 is 3. The highest BCUT2D eigenvalue weighted by molar-refractivity contribution is 5.98. The molecule has 566 valence electrons. The van der Waals surface area contributed by atoms with Crippen molar-refractivity contribution in [1.82, 2.24) is 53.3 Å². The summed E-state index contributed by atoms with van der Waals surface area (Å²) in [6, 6.07) is 22.9. The number of Topliss-reactive ketones (excluding diaryl/α,β-unsaturated/α-hetero) is 1. The number of hydrogen-bond donors (Lipinski definition) is 2. The van der Waals surface area contributed by atoms with Crippen LogP contribution in [0, 0.1) is 11.8 Å². The number of nitrogens with one attached hydrogen (secondary N) is 2. The fourth-order valence-electron chi connectivity index (χ4n) is 17.0. The number of rotatable bonds is 17.